The third-order valence-electron chi connectivity index (χ3n) is 4.90. The minimum Gasteiger partial charge on any atom is -0.490 e. The Morgan fingerprint density at radius 1 is 1.12 bits per heavy atom. The van der Waals surface area contributed by atoms with Gasteiger partial charge in [-0.1, -0.05) is 52.1 Å². The number of carbonyl (C=O) groups excluding carboxylic acids is 2. The lowest BCUT2D eigenvalue weighted by Gasteiger charge is -2.19. The van der Waals surface area contributed by atoms with Gasteiger partial charge in [-0.25, -0.2) is 0 Å². The summed E-state index contributed by atoms with van der Waals surface area (Å²) in [4.78, 5) is 26.7. The average molecular weight is 559 g/mol. The Balaban J connectivity index is 1.88. The van der Waals surface area contributed by atoms with Gasteiger partial charge in [-0.05, 0) is 67.9 Å². The molecule has 1 aliphatic heterocycles. The molecule has 1 saturated heterocycles. The van der Waals surface area contributed by atoms with E-state index in [2.05, 4.69) is 15.9 Å². The second-order valence-corrected chi connectivity index (χ2v) is 9.78. The van der Waals surface area contributed by atoms with Crippen molar-refractivity contribution in [2.24, 2.45) is 0 Å². The van der Waals surface area contributed by atoms with Gasteiger partial charge in [0.25, 0.3) is 11.1 Å². The zero-order chi connectivity index (χ0) is 23.4. The van der Waals surface area contributed by atoms with Gasteiger partial charge in [-0.3, -0.25) is 14.5 Å². The van der Waals surface area contributed by atoms with E-state index >= 15 is 0 Å². The number of hydrogen-bond donors (Lipinski definition) is 0. The number of benzene rings is 2. The Bertz CT molecular complexity index is 1080. The summed E-state index contributed by atoms with van der Waals surface area (Å²) in [7, 11) is 0. The summed E-state index contributed by atoms with van der Waals surface area (Å²) in [6.45, 7) is 6.35. The molecule has 1 aliphatic rings. The highest BCUT2D eigenvalue weighted by atomic mass is 79.9. The van der Waals surface area contributed by atoms with E-state index in [1.54, 1.807) is 30.3 Å². The molecule has 1 heterocycles. The number of nitrogens with zero attached hydrogens (tertiary/aromatic N) is 1. The van der Waals surface area contributed by atoms with E-state index in [4.69, 9.17) is 32.7 Å². The molecule has 0 unspecified atom stereocenters. The normalized spacial score (nSPS) is 16.1. The van der Waals surface area contributed by atoms with E-state index < -0.39 is 0 Å². The van der Waals surface area contributed by atoms with Crippen molar-refractivity contribution in [2.75, 3.05) is 6.61 Å². The molecule has 0 bridgehead atoms. The lowest BCUT2D eigenvalue weighted by Crippen LogP contribution is -2.36. The Labute approximate surface area is 210 Å². The molecule has 5 nitrogen and oxygen atoms in total. The van der Waals surface area contributed by atoms with Gasteiger partial charge in [0.05, 0.1) is 11.5 Å². The molecular weight excluding hydrogens is 537 g/mol. The van der Waals surface area contributed by atoms with Crippen LogP contribution in [0.2, 0.25) is 10.0 Å². The molecule has 0 radical (unpaired) electrons. The minimum atomic E-state index is -0.281. The summed E-state index contributed by atoms with van der Waals surface area (Å²) >= 11 is 16.7. The molecule has 1 atom stereocenters. The molecule has 9 heteroatoms. The fourth-order valence-corrected chi connectivity index (χ4v) is 4.84. The SMILES string of the molecule is CCOc1cc(/C=C2/SC(=O)N([C@H](C)CC)C2=O)c(Br)cc1OCc1ccc(Cl)cc1Cl. The Morgan fingerprint density at radius 3 is 2.50 bits per heavy atom. The number of ether oxygens (including phenoxy) is 2. The first kappa shape index (κ1) is 25.0. The number of halogens is 3. The van der Waals surface area contributed by atoms with E-state index in [1.807, 2.05) is 26.8 Å². The van der Waals surface area contributed by atoms with E-state index in [1.165, 1.54) is 4.90 Å². The van der Waals surface area contributed by atoms with Crippen molar-refractivity contribution in [2.45, 2.75) is 39.8 Å². The van der Waals surface area contributed by atoms with Crippen molar-refractivity contribution in [3.63, 3.8) is 0 Å². The first-order valence-electron chi connectivity index (χ1n) is 10.0. The highest BCUT2D eigenvalue weighted by Gasteiger charge is 2.37. The summed E-state index contributed by atoms with van der Waals surface area (Å²) in [6.07, 6.45) is 2.40. The standard InChI is InChI=1S/C23H22BrCl2NO4S/c1-4-13(3)27-22(28)21(32-23(27)29)9-15-8-19(30-5-2)20(11-17(15)24)31-12-14-6-7-16(25)10-18(14)26/h6-11,13H,4-5,12H2,1-3H3/b21-9+/t13-/m1/s1. The molecule has 2 aromatic carbocycles. The van der Waals surface area contributed by atoms with E-state index in [9.17, 15) is 9.59 Å². The van der Waals surface area contributed by atoms with Gasteiger partial charge in [0, 0.05) is 26.1 Å². The van der Waals surface area contributed by atoms with Crippen LogP contribution in [-0.4, -0.2) is 28.7 Å². The fourth-order valence-electron chi connectivity index (χ4n) is 3.02. The second kappa shape index (κ2) is 11.0. The van der Waals surface area contributed by atoms with Crippen LogP contribution in [0.5, 0.6) is 11.5 Å². The van der Waals surface area contributed by atoms with E-state index in [0.717, 1.165) is 17.3 Å². The number of thioether (sulfide) groups is 1. The van der Waals surface area contributed by atoms with Gasteiger partial charge in [0.1, 0.15) is 6.61 Å². The van der Waals surface area contributed by atoms with Gasteiger partial charge in [-0.2, -0.15) is 0 Å². The molecule has 0 saturated carbocycles. The molecular formula is C23H22BrCl2NO4S. The van der Waals surface area contributed by atoms with Crippen LogP contribution in [0, 0.1) is 0 Å². The zero-order valence-corrected chi connectivity index (χ0v) is 21.7. The third-order valence-corrected chi connectivity index (χ3v) is 7.06. The molecule has 2 aromatic rings. The van der Waals surface area contributed by atoms with Crippen LogP contribution in [0.15, 0.2) is 39.7 Å². The highest BCUT2D eigenvalue weighted by Crippen LogP contribution is 2.39. The summed E-state index contributed by atoms with van der Waals surface area (Å²) in [5.74, 6) is 0.764. The van der Waals surface area contributed by atoms with Gasteiger partial charge >= 0.3 is 0 Å². The predicted octanol–water partition coefficient (Wildman–Crippen LogP) is 7.57. The minimum absolute atomic E-state index is 0.147. The number of hydrogen-bond acceptors (Lipinski definition) is 5. The summed E-state index contributed by atoms with van der Waals surface area (Å²) in [5, 5.41) is 0.818. The van der Waals surface area contributed by atoms with Crippen LogP contribution in [0.4, 0.5) is 4.79 Å². The van der Waals surface area contributed by atoms with Crippen LogP contribution in [-0.2, 0) is 11.4 Å². The van der Waals surface area contributed by atoms with Crippen molar-refractivity contribution in [1.82, 2.24) is 4.90 Å². The number of carbonyl (C=O) groups is 2. The molecule has 0 N–H and O–H groups in total. The quantitative estimate of drug-likeness (QED) is 0.313. The zero-order valence-electron chi connectivity index (χ0n) is 17.8. The number of amides is 2. The number of rotatable bonds is 8. The van der Waals surface area contributed by atoms with Crippen LogP contribution >= 0.6 is 50.9 Å². The molecule has 0 aromatic heterocycles. The summed E-state index contributed by atoms with van der Waals surface area (Å²) in [5.41, 5.74) is 1.50. The lowest BCUT2D eigenvalue weighted by molar-refractivity contribution is -0.124. The Hall–Kier alpha value is -1.67. The molecule has 3 rings (SSSR count). The van der Waals surface area contributed by atoms with Gasteiger partial charge in [-0.15, -0.1) is 0 Å². The first-order chi connectivity index (χ1) is 15.2. The topological polar surface area (TPSA) is 55.8 Å². The maximum Gasteiger partial charge on any atom is 0.293 e. The molecule has 0 aliphatic carbocycles. The highest BCUT2D eigenvalue weighted by molar-refractivity contribution is 9.10. The van der Waals surface area contributed by atoms with Gasteiger partial charge in [0.2, 0.25) is 0 Å². The largest absolute Gasteiger partial charge is 0.490 e. The van der Waals surface area contributed by atoms with Crippen molar-refractivity contribution in [3.05, 3.63) is 60.9 Å². The monoisotopic (exact) mass is 557 g/mol. The third kappa shape index (κ3) is 5.63. The first-order valence-corrected chi connectivity index (χ1v) is 12.4. The van der Waals surface area contributed by atoms with Crippen LogP contribution in [0.3, 0.4) is 0 Å². The van der Waals surface area contributed by atoms with Crippen molar-refractivity contribution in [1.29, 1.82) is 0 Å². The Kier molecular flexibility index (Phi) is 8.55. The maximum atomic E-state index is 12.7. The molecule has 170 valence electrons. The lowest BCUT2D eigenvalue weighted by atomic mass is 10.1. The Morgan fingerprint density at radius 2 is 1.84 bits per heavy atom. The van der Waals surface area contributed by atoms with Crippen molar-refractivity contribution < 1.29 is 19.1 Å². The average Bonchev–Trinajstić information content (AvgIpc) is 3.02. The number of imide groups is 1. The molecule has 2 amide bonds. The van der Waals surface area contributed by atoms with E-state index in [-0.39, 0.29) is 23.8 Å². The van der Waals surface area contributed by atoms with Crippen LogP contribution in [0.1, 0.15) is 38.3 Å². The molecule has 0 spiro atoms. The molecule has 1 fully saturated rings. The van der Waals surface area contributed by atoms with Crippen LogP contribution in [0.25, 0.3) is 6.08 Å². The summed E-state index contributed by atoms with van der Waals surface area (Å²) in [6, 6.07) is 8.63. The van der Waals surface area contributed by atoms with Crippen molar-refractivity contribution >= 4 is 68.1 Å². The predicted molar refractivity (Wildman–Crippen MR) is 134 cm³/mol. The van der Waals surface area contributed by atoms with Crippen molar-refractivity contribution in [3.8, 4) is 11.5 Å². The van der Waals surface area contributed by atoms with E-state index in [0.29, 0.717) is 49.5 Å². The van der Waals surface area contributed by atoms with Gasteiger partial charge in [0.15, 0.2) is 11.5 Å². The smallest absolute Gasteiger partial charge is 0.293 e. The maximum absolute atomic E-state index is 12.7. The second-order valence-electron chi connectivity index (χ2n) is 7.09. The van der Waals surface area contributed by atoms with Crippen LogP contribution < -0.4 is 9.47 Å². The van der Waals surface area contributed by atoms with Gasteiger partial charge < -0.3 is 9.47 Å². The summed E-state index contributed by atoms with van der Waals surface area (Å²) < 4.78 is 12.4. The molecule has 32 heavy (non-hydrogen) atoms. The fraction of sp³-hybridized carbons (Fsp3) is 0.304.